The molecule has 1 aromatic heterocycles. The van der Waals surface area contributed by atoms with E-state index in [0.717, 1.165) is 35.7 Å². The number of carbonyl (C=O) groups excluding carboxylic acids is 1. The second kappa shape index (κ2) is 7.57. The molecular formula is C18H23N5O2. The summed E-state index contributed by atoms with van der Waals surface area (Å²) in [4.78, 5) is 27.0. The number of nitrogens with zero attached hydrogens (tertiary/aromatic N) is 4. The fraction of sp³-hybridized carbons (Fsp3) is 0.444. The van der Waals surface area contributed by atoms with Crippen LogP contribution < -0.4 is 10.2 Å². The smallest absolute Gasteiger partial charge is 0.229 e. The number of benzene rings is 1. The summed E-state index contributed by atoms with van der Waals surface area (Å²) in [6.07, 6.45) is 0.597. The summed E-state index contributed by atoms with van der Waals surface area (Å²) in [7, 11) is 0. The van der Waals surface area contributed by atoms with E-state index in [4.69, 9.17) is 4.74 Å². The zero-order valence-corrected chi connectivity index (χ0v) is 14.9. The van der Waals surface area contributed by atoms with Crippen LogP contribution in [0.3, 0.4) is 0 Å². The van der Waals surface area contributed by atoms with Crippen molar-refractivity contribution < 1.29 is 9.53 Å². The Morgan fingerprint density at radius 2 is 1.96 bits per heavy atom. The number of aromatic nitrogens is 3. The average molecular weight is 341 g/mol. The van der Waals surface area contributed by atoms with Crippen LogP contribution in [-0.2, 0) is 16.0 Å². The zero-order chi connectivity index (χ0) is 17.8. The molecule has 2 aromatic rings. The van der Waals surface area contributed by atoms with Gasteiger partial charge in [-0.25, -0.2) is 4.98 Å². The number of nitrogens with one attached hydrogen (secondary N) is 1. The topological polar surface area (TPSA) is 80.2 Å². The van der Waals surface area contributed by atoms with Crippen LogP contribution in [0.1, 0.15) is 29.7 Å². The summed E-state index contributed by atoms with van der Waals surface area (Å²) in [5.41, 5.74) is 3.01. The standard InChI is InChI=1S/C18H23N5O2/c1-12-4-5-16(21-14(3)24)10-15(12)11-17-19-13(2)20-18(22-17)23-6-8-25-9-7-23/h4-5,10H,6-9,11H2,1-3H3,(H,21,24). The number of amides is 1. The second-order valence-electron chi connectivity index (χ2n) is 6.20. The predicted molar refractivity (Wildman–Crippen MR) is 95.9 cm³/mol. The van der Waals surface area contributed by atoms with Crippen LogP contribution in [0.2, 0.25) is 0 Å². The van der Waals surface area contributed by atoms with Crippen LogP contribution in [0.5, 0.6) is 0 Å². The Morgan fingerprint density at radius 3 is 2.68 bits per heavy atom. The second-order valence-corrected chi connectivity index (χ2v) is 6.20. The molecule has 1 fully saturated rings. The highest BCUT2D eigenvalue weighted by Crippen LogP contribution is 2.19. The maximum atomic E-state index is 11.3. The maximum Gasteiger partial charge on any atom is 0.229 e. The monoisotopic (exact) mass is 341 g/mol. The highest BCUT2D eigenvalue weighted by Gasteiger charge is 2.16. The van der Waals surface area contributed by atoms with E-state index in [1.165, 1.54) is 6.92 Å². The molecule has 0 atom stereocenters. The Bertz CT molecular complexity index is 772. The normalized spacial score (nSPS) is 14.4. The van der Waals surface area contributed by atoms with Gasteiger partial charge in [-0.15, -0.1) is 0 Å². The van der Waals surface area contributed by atoms with Crippen LogP contribution in [-0.4, -0.2) is 47.2 Å². The van der Waals surface area contributed by atoms with Crippen molar-refractivity contribution >= 4 is 17.5 Å². The molecule has 0 saturated carbocycles. The molecule has 0 unspecified atom stereocenters. The van der Waals surface area contributed by atoms with Crippen molar-refractivity contribution in [1.82, 2.24) is 15.0 Å². The molecule has 1 aliphatic heterocycles. The molecule has 1 amide bonds. The Kier molecular flexibility index (Phi) is 5.23. The third-order valence-corrected chi connectivity index (χ3v) is 4.09. The molecule has 7 nitrogen and oxygen atoms in total. The highest BCUT2D eigenvalue weighted by molar-refractivity contribution is 5.88. The molecule has 132 valence electrons. The lowest BCUT2D eigenvalue weighted by atomic mass is 10.0. The molecule has 0 bridgehead atoms. The molecule has 1 aliphatic rings. The molecule has 0 spiro atoms. The summed E-state index contributed by atoms with van der Waals surface area (Å²) in [6.45, 7) is 8.40. The van der Waals surface area contributed by atoms with Crippen LogP contribution in [0, 0.1) is 13.8 Å². The first kappa shape index (κ1) is 17.3. The van der Waals surface area contributed by atoms with Gasteiger partial charge in [-0.3, -0.25) is 4.79 Å². The molecule has 2 heterocycles. The molecule has 0 radical (unpaired) electrons. The quantitative estimate of drug-likeness (QED) is 0.914. The van der Waals surface area contributed by atoms with Crippen molar-refractivity contribution in [3.8, 4) is 0 Å². The van der Waals surface area contributed by atoms with Gasteiger partial charge in [-0.05, 0) is 37.1 Å². The molecule has 1 saturated heterocycles. The van der Waals surface area contributed by atoms with Crippen LogP contribution >= 0.6 is 0 Å². The first-order valence-corrected chi connectivity index (χ1v) is 8.42. The first-order valence-electron chi connectivity index (χ1n) is 8.42. The molecule has 0 aliphatic carbocycles. The average Bonchev–Trinajstić information content (AvgIpc) is 2.58. The Labute approximate surface area is 147 Å². The fourth-order valence-corrected chi connectivity index (χ4v) is 2.82. The third-order valence-electron chi connectivity index (χ3n) is 4.09. The molecule has 1 N–H and O–H groups in total. The molecule has 7 heteroatoms. The van der Waals surface area contributed by atoms with E-state index < -0.39 is 0 Å². The van der Waals surface area contributed by atoms with E-state index in [2.05, 4.69) is 25.2 Å². The van der Waals surface area contributed by atoms with E-state index in [0.29, 0.717) is 31.4 Å². The van der Waals surface area contributed by atoms with Crippen LogP contribution in [0.25, 0.3) is 0 Å². The van der Waals surface area contributed by atoms with Crippen molar-refractivity contribution in [3.05, 3.63) is 41.0 Å². The summed E-state index contributed by atoms with van der Waals surface area (Å²) in [5.74, 6) is 2.07. The number of rotatable bonds is 4. The highest BCUT2D eigenvalue weighted by atomic mass is 16.5. The largest absolute Gasteiger partial charge is 0.378 e. The van der Waals surface area contributed by atoms with Gasteiger partial charge in [0.15, 0.2) is 0 Å². The number of morpholine rings is 1. The molecular weight excluding hydrogens is 318 g/mol. The van der Waals surface area contributed by atoms with Gasteiger partial charge >= 0.3 is 0 Å². The number of anilines is 2. The third kappa shape index (κ3) is 4.51. The number of carbonyl (C=O) groups is 1. The number of ether oxygens (including phenoxy) is 1. The van der Waals surface area contributed by atoms with Crippen molar-refractivity contribution in [2.45, 2.75) is 27.2 Å². The molecule has 3 rings (SSSR count). The fourth-order valence-electron chi connectivity index (χ4n) is 2.82. The van der Waals surface area contributed by atoms with Gasteiger partial charge in [0, 0.05) is 32.1 Å². The lowest BCUT2D eigenvalue weighted by Crippen LogP contribution is -2.37. The van der Waals surface area contributed by atoms with Gasteiger partial charge in [0.05, 0.1) is 13.2 Å². The van der Waals surface area contributed by atoms with Gasteiger partial charge in [0.1, 0.15) is 11.6 Å². The number of aryl methyl sites for hydroxylation is 2. The first-order chi connectivity index (χ1) is 12.0. The zero-order valence-electron chi connectivity index (χ0n) is 14.9. The lowest BCUT2D eigenvalue weighted by molar-refractivity contribution is -0.114. The van der Waals surface area contributed by atoms with Gasteiger partial charge in [-0.1, -0.05) is 6.07 Å². The Morgan fingerprint density at radius 1 is 1.20 bits per heavy atom. The van der Waals surface area contributed by atoms with Gasteiger partial charge in [0.25, 0.3) is 0 Å². The van der Waals surface area contributed by atoms with E-state index in [-0.39, 0.29) is 5.91 Å². The summed E-state index contributed by atoms with van der Waals surface area (Å²) >= 11 is 0. The van der Waals surface area contributed by atoms with Crippen molar-refractivity contribution in [3.63, 3.8) is 0 Å². The number of hydrogen-bond donors (Lipinski definition) is 1. The summed E-state index contributed by atoms with van der Waals surface area (Å²) in [6, 6.07) is 5.87. The lowest BCUT2D eigenvalue weighted by Gasteiger charge is -2.27. The van der Waals surface area contributed by atoms with Gasteiger partial charge in [0.2, 0.25) is 11.9 Å². The maximum absolute atomic E-state index is 11.3. The molecule has 25 heavy (non-hydrogen) atoms. The SMILES string of the molecule is CC(=O)Nc1ccc(C)c(Cc2nc(C)nc(N3CCOCC3)n2)c1. The van der Waals surface area contributed by atoms with Gasteiger partial charge < -0.3 is 15.0 Å². The Balaban J connectivity index is 1.85. The van der Waals surface area contributed by atoms with Crippen molar-refractivity contribution in [2.75, 3.05) is 36.5 Å². The minimum absolute atomic E-state index is 0.0830. The van der Waals surface area contributed by atoms with E-state index in [1.807, 2.05) is 32.0 Å². The predicted octanol–water partition coefficient (Wildman–Crippen LogP) is 1.87. The van der Waals surface area contributed by atoms with Crippen molar-refractivity contribution in [1.29, 1.82) is 0 Å². The van der Waals surface area contributed by atoms with Crippen LogP contribution in [0.15, 0.2) is 18.2 Å². The summed E-state index contributed by atoms with van der Waals surface area (Å²) < 4.78 is 5.39. The summed E-state index contributed by atoms with van der Waals surface area (Å²) in [5, 5.41) is 2.82. The van der Waals surface area contributed by atoms with Crippen molar-refractivity contribution in [2.24, 2.45) is 0 Å². The van der Waals surface area contributed by atoms with Crippen LogP contribution in [0.4, 0.5) is 11.6 Å². The number of hydrogen-bond acceptors (Lipinski definition) is 6. The van der Waals surface area contributed by atoms with E-state index in [1.54, 1.807) is 0 Å². The van der Waals surface area contributed by atoms with E-state index >= 15 is 0 Å². The minimum Gasteiger partial charge on any atom is -0.378 e. The van der Waals surface area contributed by atoms with Gasteiger partial charge in [-0.2, -0.15) is 9.97 Å². The minimum atomic E-state index is -0.0830. The molecule has 1 aromatic carbocycles. The van der Waals surface area contributed by atoms with E-state index in [9.17, 15) is 4.79 Å². The Hall–Kier alpha value is -2.54.